The van der Waals surface area contributed by atoms with Crippen molar-refractivity contribution < 1.29 is 18.3 Å². The molecule has 1 N–H and O–H groups in total. The predicted molar refractivity (Wildman–Crippen MR) is 101 cm³/mol. The number of nitrogens with zero attached hydrogens (tertiary/aromatic N) is 3. The number of aromatic nitrogens is 3. The number of nitrogens with one attached hydrogen (secondary N) is 1. The van der Waals surface area contributed by atoms with Crippen LogP contribution >= 0.6 is 0 Å². The van der Waals surface area contributed by atoms with Crippen molar-refractivity contribution in [3.05, 3.63) is 66.5 Å². The first kappa shape index (κ1) is 17.7. The van der Waals surface area contributed by atoms with Crippen LogP contribution in [0.15, 0.2) is 54.9 Å². The summed E-state index contributed by atoms with van der Waals surface area (Å²) in [6.07, 6.45) is 3.31. The van der Waals surface area contributed by atoms with Gasteiger partial charge in [0, 0.05) is 30.1 Å². The maximum Gasteiger partial charge on any atom is 0.213 e. The molecule has 0 radical (unpaired) electrons. The number of fused-ring (bicyclic) bond motifs is 1. The molecule has 4 rings (SSSR count). The second-order valence-corrected chi connectivity index (χ2v) is 5.94. The summed E-state index contributed by atoms with van der Waals surface area (Å²) < 4.78 is 39.6. The van der Waals surface area contributed by atoms with Crippen LogP contribution in [0.1, 0.15) is 0 Å². The van der Waals surface area contributed by atoms with Gasteiger partial charge in [0.1, 0.15) is 17.3 Å². The summed E-state index contributed by atoms with van der Waals surface area (Å²) in [6.45, 7) is 0. The molecule has 0 unspecified atom stereocenters. The molecule has 4 aromatic rings. The monoisotopic (exact) mass is 382 g/mol. The highest BCUT2D eigenvalue weighted by molar-refractivity contribution is 5.70. The second kappa shape index (κ2) is 7.15. The lowest BCUT2D eigenvalue weighted by atomic mass is 10.1. The second-order valence-electron chi connectivity index (χ2n) is 5.94. The van der Waals surface area contributed by atoms with Gasteiger partial charge in [-0.25, -0.2) is 18.7 Å². The number of hydrogen-bond acceptors (Lipinski definition) is 5. The molecule has 0 aliphatic rings. The first-order chi connectivity index (χ1) is 13.6. The number of hydrogen-bond donors (Lipinski definition) is 1. The Morgan fingerprint density at radius 3 is 2.54 bits per heavy atom. The minimum Gasteiger partial charge on any atom is -0.493 e. The van der Waals surface area contributed by atoms with E-state index in [0.29, 0.717) is 28.8 Å². The number of anilines is 2. The number of halogens is 2. The van der Waals surface area contributed by atoms with E-state index in [2.05, 4.69) is 15.3 Å². The third-order valence-electron chi connectivity index (χ3n) is 4.25. The Hall–Kier alpha value is -3.68. The number of ether oxygens (including phenoxy) is 2. The van der Waals surface area contributed by atoms with E-state index in [1.54, 1.807) is 49.2 Å². The molecule has 142 valence electrons. The Morgan fingerprint density at radius 2 is 1.79 bits per heavy atom. The minimum atomic E-state index is -0.716. The van der Waals surface area contributed by atoms with Crippen molar-refractivity contribution in [2.75, 3.05) is 19.5 Å². The van der Waals surface area contributed by atoms with Gasteiger partial charge in [-0.2, -0.15) is 0 Å². The predicted octanol–water partition coefficient (Wildman–Crippen LogP) is 4.44. The van der Waals surface area contributed by atoms with E-state index in [1.807, 2.05) is 6.07 Å². The maximum atomic E-state index is 14.1. The molecule has 0 aliphatic heterocycles. The van der Waals surface area contributed by atoms with Gasteiger partial charge in [-0.3, -0.25) is 4.40 Å². The topological polar surface area (TPSA) is 60.7 Å². The summed E-state index contributed by atoms with van der Waals surface area (Å²) in [5.41, 5.74) is 2.09. The highest BCUT2D eigenvalue weighted by atomic mass is 19.1. The van der Waals surface area contributed by atoms with Gasteiger partial charge in [0.05, 0.1) is 25.6 Å². The molecule has 0 saturated carbocycles. The zero-order chi connectivity index (χ0) is 19.7. The number of imidazole rings is 1. The minimum absolute atomic E-state index is 0.105. The number of benzene rings is 2. The van der Waals surface area contributed by atoms with Gasteiger partial charge in [-0.05, 0) is 30.3 Å². The summed E-state index contributed by atoms with van der Waals surface area (Å²) in [4.78, 5) is 8.88. The zero-order valence-corrected chi connectivity index (χ0v) is 15.1. The molecule has 0 aliphatic carbocycles. The summed E-state index contributed by atoms with van der Waals surface area (Å²) in [6, 6.07) is 10.5. The Kier molecular flexibility index (Phi) is 4.52. The van der Waals surface area contributed by atoms with Gasteiger partial charge < -0.3 is 14.8 Å². The molecule has 0 spiro atoms. The van der Waals surface area contributed by atoms with E-state index < -0.39 is 11.6 Å². The molecule has 28 heavy (non-hydrogen) atoms. The van der Waals surface area contributed by atoms with Gasteiger partial charge in [-0.1, -0.05) is 0 Å². The molecule has 2 aromatic carbocycles. The number of rotatable bonds is 5. The summed E-state index contributed by atoms with van der Waals surface area (Å²) in [7, 11) is 3.11. The largest absolute Gasteiger partial charge is 0.493 e. The van der Waals surface area contributed by atoms with Crippen LogP contribution in [-0.2, 0) is 0 Å². The fourth-order valence-electron chi connectivity index (χ4n) is 2.87. The van der Waals surface area contributed by atoms with Crippen molar-refractivity contribution >= 4 is 17.3 Å². The molecule has 0 bridgehead atoms. The molecule has 0 fully saturated rings. The molecule has 8 heteroatoms. The van der Waals surface area contributed by atoms with Crippen LogP contribution in [0.25, 0.3) is 16.9 Å². The Balaban J connectivity index is 1.81. The Labute approximate surface area is 159 Å². The lowest BCUT2D eigenvalue weighted by Crippen LogP contribution is -2.04. The molecule has 0 saturated heterocycles. The molecular formula is C20H16F2N4O2. The highest BCUT2D eigenvalue weighted by Gasteiger charge is 2.13. The van der Waals surface area contributed by atoms with Gasteiger partial charge in [0.15, 0.2) is 11.5 Å². The third-order valence-corrected chi connectivity index (χ3v) is 4.25. The molecule has 0 atom stereocenters. The maximum absolute atomic E-state index is 14.1. The van der Waals surface area contributed by atoms with Crippen molar-refractivity contribution in [3.63, 3.8) is 0 Å². The first-order valence-electron chi connectivity index (χ1n) is 8.37. The van der Waals surface area contributed by atoms with Crippen molar-refractivity contribution in [1.29, 1.82) is 0 Å². The zero-order valence-electron chi connectivity index (χ0n) is 15.1. The highest BCUT2D eigenvalue weighted by Crippen LogP contribution is 2.32. The molecular weight excluding hydrogens is 366 g/mol. The third kappa shape index (κ3) is 3.20. The molecule has 2 aromatic heterocycles. The smallest absolute Gasteiger partial charge is 0.213 e. The quantitative estimate of drug-likeness (QED) is 0.553. The van der Waals surface area contributed by atoms with Crippen LogP contribution in [0.2, 0.25) is 0 Å². The fourth-order valence-corrected chi connectivity index (χ4v) is 2.87. The van der Waals surface area contributed by atoms with Crippen LogP contribution in [-0.4, -0.2) is 28.6 Å². The lowest BCUT2D eigenvalue weighted by Gasteiger charge is -2.13. The Morgan fingerprint density at radius 1 is 0.964 bits per heavy atom. The van der Waals surface area contributed by atoms with Crippen LogP contribution < -0.4 is 14.8 Å². The van der Waals surface area contributed by atoms with E-state index >= 15 is 0 Å². The normalized spacial score (nSPS) is 10.9. The van der Waals surface area contributed by atoms with Gasteiger partial charge in [0.25, 0.3) is 0 Å². The van der Waals surface area contributed by atoms with Gasteiger partial charge >= 0.3 is 0 Å². The van der Waals surface area contributed by atoms with Crippen LogP contribution in [0.3, 0.4) is 0 Å². The van der Waals surface area contributed by atoms with E-state index in [4.69, 9.17) is 9.47 Å². The van der Waals surface area contributed by atoms with Crippen molar-refractivity contribution in [1.82, 2.24) is 14.4 Å². The number of methoxy groups -OCH3 is 2. The summed E-state index contributed by atoms with van der Waals surface area (Å²) >= 11 is 0. The van der Waals surface area contributed by atoms with E-state index in [0.717, 1.165) is 11.6 Å². The molecule has 0 amide bonds. The van der Waals surface area contributed by atoms with E-state index in [1.165, 1.54) is 12.1 Å². The van der Waals surface area contributed by atoms with Crippen LogP contribution in [0, 0.1) is 11.6 Å². The van der Waals surface area contributed by atoms with E-state index in [-0.39, 0.29) is 5.69 Å². The average molecular weight is 382 g/mol. The van der Waals surface area contributed by atoms with Crippen molar-refractivity contribution in [2.45, 2.75) is 0 Å². The van der Waals surface area contributed by atoms with Gasteiger partial charge in [0.2, 0.25) is 5.95 Å². The van der Waals surface area contributed by atoms with Crippen LogP contribution in [0.5, 0.6) is 11.5 Å². The summed E-state index contributed by atoms with van der Waals surface area (Å²) in [5.74, 6) is 0.128. The van der Waals surface area contributed by atoms with Gasteiger partial charge in [-0.15, -0.1) is 0 Å². The average Bonchev–Trinajstić information content (AvgIpc) is 3.18. The molecule has 2 heterocycles. The fraction of sp³-hybridized carbons (Fsp3) is 0.100. The van der Waals surface area contributed by atoms with Crippen LogP contribution in [0.4, 0.5) is 20.4 Å². The summed E-state index contributed by atoms with van der Waals surface area (Å²) in [5, 5.41) is 2.90. The lowest BCUT2D eigenvalue weighted by molar-refractivity contribution is 0.355. The van der Waals surface area contributed by atoms with Crippen molar-refractivity contribution in [2.24, 2.45) is 0 Å². The standard InChI is InChI=1S/C20H16F2N4O2/c1-27-17-6-3-12(9-18(17)28-2)16-11-19-23-7-8-26(19)20(25-16)24-15-5-4-13(21)10-14(15)22/h3-11H,1-2H3,(H,24,25). The van der Waals surface area contributed by atoms with Crippen molar-refractivity contribution in [3.8, 4) is 22.8 Å². The molecule has 6 nitrogen and oxygen atoms in total. The Bertz CT molecular complexity index is 1160. The van der Waals surface area contributed by atoms with E-state index in [9.17, 15) is 8.78 Å². The first-order valence-corrected chi connectivity index (χ1v) is 8.37. The SMILES string of the molecule is COc1ccc(-c2cc3nccn3c(Nc3ccc(F)cc3F)n2)cc1OC.